The Kier molecular flexibility index (Phi) is 6.72. The maximum absolute atomic E-state index is 13.3. The van der Waals surface area contributed by atoms with Crippen molar-refractivity contribution in [2.75, 3.05) is 39.3 Å². The van der Waals surface area contributed by atoms with Gasteiger partial charge in [0.1, 0.15) is 5.82 Å². The van der Waals surface area contributed by atoms with Gasteiger partial charge in [-0.2, -0.15) is 0 Å². The molecule has 28 heavy (non-hydrogen) atoms. The molecule has 2 fully saturated rings. The molecular weight excluding hydrogens is 375 g/mol. The van der Waals surface area contributed by atoms with Gasteiger partial charge < -0.3 is 10.0 Å². The number of aliphatic hydroxyl groups is 1. The number of piperazine rings is 1. The first-order chi connectivity index (χ1) is 13.7. The molecule has 2 aliphatic rings. The second-order valence-corrected chi connectivity index (χ2v) is 8.82. The summed E-state index contributed by atoms with van der Waals surface area (Å²) in [4.78, 5) is 6.43. The van der Waals surface area contributed by atoms with E-state index in [0.717, 1.165) is 51.3 Å². The van der Waals surface area contributed by atoms with Crippen LogP contribution in [0.5, 0.6) is 0 Å². The summed E-state index contributed by atoms with van der Waals surface area (Å²) in [7, 11) is 0. The highest BCUT2D eigenvalue weighted by Crippen LogP contribution is 2.27. The first-order valence-electron chi connectivity index (χ1n) is 10.1. The fourth-order valence-corrected chi connectivity index (χ4v) is 5.15. The van der Waals surface area contributed by atoms with Crippen LogP contribution in [0.1, 0.15) is 22.9 Å². The molecule has 3 heterocycles. The molecule has 0 aliphatic carbocycles. The second-order valence-electron chi connectivity index (χ2n) is 7.79. The van der Waals surface area contributed by atoms with E-state index in [-0.39, 0.29) is 18.5 Å². The zero-order valence-electron chi connectivity index (χ0n) is 16.1. The largest absolute Gasteiger partial charge is 0.396 e. The highest BCUT2D eigenvalue weighted by atomic mass is 32.1. The Morgan fingerprint density at radius 3 is 2.79 bits per heavy atom. The standard InChI is InChI=1S/C21H29FN4OS/c22-18-5-3-16(4-6-18)21-17(12-23-24-21)13-25-8-9-26(19(14-25)7-10-27)15-20-2-1-11-28-20/h1-6,11,17,19,21,23-24,27H,7-10,12-15H2. The van der Waals surface area contributed by atoms with Crippen molar-refractivity contribution in [2.45, 2.75) is 25.0 Å². The lowest BCUT2D eigenvalue weighted by Crippen LogP contribution is -2.54. The number of thiophene rings is 1. The number of hydrazine groups is 1. The van der Waals surface area contributed by atoms with Gasteiger partial charge in [-0.3, -0.25) is 10.3 Å². The highest BCUT2D eigenvalue weighted by Gasteiger charge is 2.33. The Balaban J connectivity index is 1.37. The molecule has 7 heteroatoms. The minimum absolute atomic E-state index is 0.194. The summed E-state index contributed by atoms with van der Waals surface area (Å²) in [6.07, 6.45) is 0.810. The van der Waals surface area contributed by atoms with Gasteiger partial charge in [0.05, 0.1) is 6.04 Å². The second kappa shape index (κ2) is 9.43. The van der Waals surface area contributed by atoms with Crippen molar-refractivity contribution in [1.82, 2.24) is 20.7 Å². The van der Waals surface area contributed by atoms with Gasteiger partial charge in [-0.05, 0) is 35.6 Å². The van der Waals surface area contributed by atoms with Crippen LogP contribution in [0, 0.1) is 11.7 Å². The summed E-state index contributed by atoms with van der Waals surface area (Å²) >= 11 is 1.80. The summed E-state index contributed by atoms with van der Waals surface area (Å²) in [5.74, 6) is 0.240. The van der Waals surface area contributed by atoms with Crippen LogP contribution in [0.3, 0.4) is 0 Å². The van der Waals surface area contributed by atoms with E-state index in [1.165, 1.54) is 17.0 Å². The molecule has 1 aromatic heterocycles. The minimum Gasteiger partial charge on any atom is -0.396 e. The van der Waals surface area contributed by atoms with Gasteiger partial charge in [0.25, 0.3) is 0 Å². The molecule has 2 saturated heterocycles. The smallest absolute Gasteiger partial charge is 0.123 e. The van der Waals surface area contributed by atoms with Crippen molar-refractivity contribution in [3.63, 3.8) is 0 Å². The number of nitrogens with zero attached hydrogens (tertiary/aromatic N) is 2. The molecule has 0 spiro atoms. The molecule has 3 atom stereocenters. The molecule has 5 nitrogen and oxygen atoms in total. The highest BCUT2D eigenvalue weighted by molar-refractivity contribution is 7.09. The van der Waals surface area contributed by atoms with Crippen molar-refractivity contribution in [3.05, 3.63) is 58.0 Å². The van der Waals surface area contributed by atoms with Gasteiger partial charge in [-0.1, -0.05) is 18.2 Å². The van der Waals surface area contributed by atoms with Gasteiger partial charge in [0, 0.05) is 62.7 Å². The Hall–Kier alpha value is -1.35. The quantitative estimate of drug-likeness (QED) is 0.661. The third kappa shape index (κ3) is 4.79. The van der Waals surface area contributed by atoms with Crippen LogP contribution in [0.2, 0.25) is 0 Å². The monoisotopic (exact) mass is 404 g/mol. The van der Waals surface area contributed by atoms with Gasteiger partial charge in [0.15, 0.2) is 0 Å². The third-order valence-corrected chi connectivity index (χ3v) is 6.77. The summed E-state index contributed by atoms with van der Waals surface area (Å²) in [6, 6.07) is 11.7. The van der Waals surface area contributed by atoms with E-state index in [1.54, 1.807) is 11.3 Å². The Morgan fingerprint density at radius 2 is 2.04 bits per heavy atom. The minimum atomic E-state index is -0.194. The predicted octanol–water partition coefficient (Wildman–Crippen LogP) is 2.22. The normalized spacial score (nSPS) is 26.7. The maximum Gasteiger partial charge on any atom is 0.123 e. The van der Waals surface area contributed by atoms with E-state index in [2.05, 4.69) is 38.2 Å². The summed E-state index contributed by atoms with van der Waals surface area (Å²) in [6.45, 7) is 6.15. The van der Waals surface area contributed by atoms with Crippen molar-refractivity contribution in [1.29, 1.82) is 0 Å². The van der Waals surface area contributed by atoms with E-state index in [4.69, 9.17) is 0 Å². The Morgan fingerprint density at radius 1 is 1.18 bits per heavy atom. The van der Waals surface area contributed by atoms with Crippen LogP contribution < -0.4 is 10.9 Å². The number of benzene rings is 1. The molecule has 152 valence electrons. The van der Waals surface area contributed by atoms with Crippen molar-refractivity contribution in [3.8, 4) is 0 Å². The zero-order valence-corrected chi connectivity index (χ0v) is 16.9. The maximum atomic E-state index is 13.3. The number of rotatable bonds is 7. The summed E-state index contributed by atoms with van der Waals surface area (Å²) in [5.41, 5.74) is 7.76. The molecule has 3 N–H and O–H groups in total. The van der Waals surface area contributed by atoms with E-state index < -0.39 is 0 Å². The third-order valence-electron chi connectivity index (χ3n) is 5.91. The summed E-state index contributed by atoms with van der Waals surface area (Å²) in [5, 5.41) is 11.7. The van der Waals surface area contributed by atoms with Gasteiger partial charge in [0.2, 0.25) is 0 Å². The summed E-state index contributed by atoms with van der Waals surface area (Å²) < 4.78 is 13.3. The Labute approximate surface area is 170 Å². The first-order valence-corrected chi connectivity index (χ1v) is 10.9. The predicted molar refractivity (Wildman–Crippen MR) is 110 cm³/mol. The fraction of sp³-hybridized carbons (Fsp3) is 0.524. The molecule has 4 rings (SSSR count). The van der Waals surface area contributed by atoms with Crippen molar-refractivity contribution in [2.24, 2.45) is 5.92 Å². The number of halogens is 1. The molecule has 2 aliphatic heterocycles. The van der Waals surface area contributed by atoms with Crippen LogP contribution in [0.25, 0.3) is 0 Å². The number of hydrogen-bond acceptors (Lipinski definition) is 6. The zero-order chi connectivity index (χ0) is 19.3. The molecule has 0 radical (unpaired) electrons. The Bertz CT molecular complexity index is 727. The SMILES string of the molecule is OCCC1CN(CC2CNNC2c2ccc(F)cc2)CCN1Cc1cccs1. The molecule has 1 aromatic carbocycles. The average molecular weight is 405 g/mol. The van der Waals surface area contributed by atoms with Crippen LogP contribution in [0.15, 0.2) is 41.8 Å². The lowest BCUT2D eigenvalue weighted by atomic mass is 9.93. The van der Waals surface area contributed by atoms with E-state index >= 15 is 0 Å². The number of hydrogen-bond donors (Lipinski definition) is 3. The molecule has 2 aromatic rings. The fourth-order valence-electron chi connectivity index (χ4n) is 4.42. The van der Waals surface area contributed by atoms with Crippen LogP contribution in [0.4, 0.5) is 4.39 Å². The van der Waals surface area contributed by atoms with Crippen molar-refractivity contribution < 1.29 is 9.50 Å². The molecule has 0 saturated carbocycles. The van der Waals surface area contributed by atoms with Crippen LogP contribution in [-0.4, -0.2) is 60.3 Å². The lowest BCUT2D eigenvalue weighted by Gasteiger charge is -2.42. The van der Waals surface area contributed by atoms with Gasteiger partial charge in [-0.15, -0.1) is 11.3 Å². The average Bonchev–Trinajstić information content (AvgIpc) is 3.37. The topological polar surface area (TPSA) is 50.8 Å². The molecular formula is C21H29FN4OS. The van der Waals surface area contributed by atoms with E-state index in [1.807, 2.05) is 12.1 Å². The van der Waals surface area contributed by atoms with Crippen molar-refractivity contribution >= 4 is 11.3 Å². The van der Waals surface area contributed by atoms with Crippen LogP contribution in [-0.2, 0) is 6.54 Å². The van der Waals surface area contributed by atoms with Gasteiger partial charge in [-0.25, -0.2) is 9.82 Å². The number of nitrogens with one attached hydrogen (secondary N) is 2. The first kappa shape index (κ1) is 19.9. The molecule has 3 unspecified atom stereocenters. The van der Waals surface area contributed by atoms with Crippen LogP contribution >= 0.6 is 11.3 Å². The van der Waals surface area contributed by atoms with E-state index in [0.29, 0.717) is 12.0 Å². The number of aliphatic hydroxyl groups excluding tert-OH is 1. The lowest BCUT2D eigenvalue weighted by molar-refractivity contribution is 0.0463. The van der Waals surface area contributed by atoms with Gasteiger partial charge >= 0.3 is 0 Å². The molecule has 0 bridgehead atoms. The van der Waals surface area contributed by atoms with E-state index in [9.17, 15) is 9.50 Å². The molecule has 0 amide bonds.